The monoisotopic (exact) mass is 294 g/mol. The van der Waals surface area contributed by atoms with Crippen molar-refractivity contribution in [1.29, 1.82) is 0 Å². The molecule has 19 heavy (non-hydrogen) atoms. The molecule has 2 rings (SSSR count). The second-order valence-corrected chi connectivity index (χ2v) is 6.34. The van der Waals surface area contributed by atoms with Crippen molar-refractivity contribution in [3.8, 4) is 0 Å². The highest BCUT2D eigenvalue weighted by Crippen LogP contribution is 2.23. The van der Waals surface area contributed by atoms with E-state index in [0.717, 1.165) is 36.9 Å². The molecule has 2 N–H and O–H groups in total. The molecule has 0 aliphatic carbocycles. The molecule has 0 aliphatic rings. The lowest BCUT2D eigenvalue weighted by Crippen LogP contribution is -2.25. The van der Waals surface area contributed by atoms with Gasteiger partial charge in [0.05, 0.1) is 4.34 Å². The summed E-state index contributed by atoms with van der Waals surface area (Å²) >= 11 is 7.64. The predicted molar refractivity (Wildman–Crippen MR) is 83.6 cm³/mol. The Hall–Kier alpha value is -0.870. The summed E-state index contributed by atoms with van der Waals surface area (Å²) < 4.78 is 0.855. The van der Waals surface area contributed by atoms with E-state index in [1.54, 1.807) is 11.3 Å². The van der Waals surface area contributed by atoms with Gasteiger partial charge in [-0.05, 0) is 30.7 Å². The minimum absolute atomic E-state index is 0.733. The quantitative estimate of drug-likeness (QED) is 0.842. The highest BCUT2D eigenvalue weighted by Gasteiger charge is 2.08. The van der Waals surface area contributed by atoms with Crippen molar-refractivity contribution in [2.75, 3.05) is 13.1 Å². The molecule has 102 valence electrons. The third-order valence-electron chi connectivity index (χ3n) is 2.94. The first-order valence-corrected chi connectivity index (χ1v) is 7.68. The van der Waals surface area contributed by atoms with Crippen molar-refractivity contribution in [2.24, 2.45) is 5.73 Å². The molecule has 2 nitrogen and oxygen atoms in total. The van der Waals surface area contributed by atoms with Gasteiger partial charge in [-0.15, -0.1) is 11.3 Å². The van der Waals surface area contributed by atoms with E-state index in [9.17, 15) is 0 Å². The maximum Gasteiger partial charge on any atom is 0.0931 e. The molecule has 4 heteroatoms. The van der Waals surface area contributed by atoms with Crippen molar-refractivity contribution < 1.29 is 0 Å². The maximum atomic E-state index is 5.99. The normalized spacial score (nSPS) is 11.1. The summed E-state index contributed by atoms with van der Waals surface area (Å²) in [5.41, 5.74) is 6.96. The first kappa shape index (κ1) is 14.5. The molecule has 1 aromatic heterocycles. The van der Waals surface area contributed by atoms with Crippen LogP contribution in [-0.2, 0) is 13.1 Å². The Morgan fingerprint density at radius 3 is 2.47 bits per heavy atom. The van der Waals surface area contributed by atoms with Crippen LogP contribution in [0.2, 0.25) is 4.34 Å². The molecule has 0 unspecified atom stereocenters. The summed E-state index contributed by atoms with van der Waals surface area (Å²) in [6.07, 6.45) is 1.02. The predicted octanol–water partition coefficient (Wildman–Crippen LogP) is 3.75. The summed E-state index contributed by atoms with van der Waals surface area (Å²) in [5, 5.41) is 0. The summed E-state index contributed by atoms with van der Waals surface area (Å²) in [6.45, 7) is 3.64. The fourth-order valence-corrected chi connectivity index (χ4v) is 3.16. The van der Waals surface area contributed by atoms with Gasteiger partial charge in [-0.1, -0.05) is 41.9 Å². The van der Waals surface area contributed by atoms with E-state index in [2.05, 4.69) is 35.2 Å². The summed E-state index contributed by atoms with van der Waals surface area (Å²) in [6, 6.07) is 14.6. The number of benzene rings is 1. The minimum atomic E-state index is 0.733. The number of hydrogen-bond acceptors (Lipinski definition) is 3. The number of nitrogens with zero attached hydrogens (tertiary/aromatic N) is 1. The van der Waals surface area contributed by atoms with Crippen LogP contribution in [0, 0.1) is 0 Å². The van der Waals surface area contributed by atoms with Gasteiger partial charge >= 0.3 is 0 Å². The Balaban J connectivity index is 1.99. The van der Waals surface area contributed by atoms with Crippen LogP contribution in [0.5, 0.6) is 0 Å². The molecule has 0 saturated heterocycles. The lowest BCUT2D eigenvalue weighted by atomic mass is 10.2. The van der Waals surface area contributed by atoms with Crippen molar-refractivity contribution >= 4 is 22.9 Å². The molecule has 0 atom stereocenters. The molecule has 0 saturated carbocycles. The van der Waals surface area contributed by atoms with Crippen molar-refractivity contribution in [3.05, 3.63) is 57.2 Å². The van der Waals surface area contributed by atoms with E-state index in [-0.39, 0.29) is 0 Å². The first-order valence-electron chi connectivity index (χ1n) is 6.48. The van der Waals surface area contributed by atoms with Gasteiger partial charge in [0.2, 0.25) is 0 Å². The van der Waals surface area contributed by atoms with Crippen molar-refractivity contribution in [3.63, 3.8) is 0 Å². The number of halogens is 1. The maximum absolute atomic E-state index is 5.99. The van der Waals surface area contributed by atoms with Gasteiger partial charge in [0, 0.05) is 24.5 Å². The SMILES string of the molecule is NCCCN(Cc1ccccc1)Cc1ccc(Cl)s1. The molecule has 0 aliphatic heterocycles. The third kappa shape index (κ3) is 4.96. The van der Waals surface area contributed by atoms with E-state index in [0.29, 0.717) is 0 Å². The van der Waals surface area contributed by atoms with E-state index < -0.39 is 0 Å². The first-order chi connectivity index (χ1) is 9.28. The van der Waals surface area contributed by atoms with E-state index in [4.69, 9.17) is 17.3 Å². The molecule has 0 spiro atoms. The largest absolute Gasteiger partial charge is 0.330 e. The second kappa shape index (κ2) is 7.65. The third-order valence-corrected chi connectivity index (χ3v) is 4.15. The van der Waals surface area contributed by atoms with Gasteiger partial charge in [-0.25, -0.2) is 0 Å². The van der Waals surface area contributed by atoms with E-state index in [1.165, 1.54) is 10.4 Å². The van der Waals surface area contributed by atoms with Crippen LogP contribution in [0.1, 0.15) is 16.9 Å². The zero-order chi connectivity index (χ0) is 13.5. The van der Waals surface area contributed by atoms with Crippen LogP contribution >= 0.6 is 22.9 Å². The molecule has 1 heterocycles. The molecule has 0 radical (unpaired) electrons. The molecule has 2 aromatic rings. The Labute approximate surface area is 123 Å². The molecular weight excluding hydrogens is 276 g/mol. The number of nitrogens with two attached hydrogens (primary N) is 1. The zero-order valence-electron chi connectivity index (χ0n) is 10.9. The summed E-state index contributed by atoms with van der Waals surface area (Å²) in [7, 11) is 0. The van der Waals surface area contributed by atoms with Gasteiger partial charge < -0.3 is 5.73 Å². The number of thiophene rings is 1. The lowest BCUT2D eigenvalue weighted by molar-refractivity contribution is 0.257. The average Bonchev–Trinajstić information content (AvgIpc) is 2.82. The van der Waals surface area contributed by atoms with E-state index in [1.807, 2.05) is 12.1 Å². The van der Waals surface area contributed by atoms with Gasteiger partial charge in [-0.3, -0.25) is 4.90 Å². The van der Waals surface area contributed by atoms with Gasteiger partial charge in [0.15, 0.2) is 0 Å². The highest BCUT2D eigenvalue weighted by atomic mass is 35.5. The molecule has 0 bridgehead atoms. The molecule has 0 amide bonds. The smallest absolute Gasteiger partial charge is 0.0931 e. The van der Waals surface area contributed by atoms with Gasteiger partial charge in [-0.2, -0.15) is 0 Å². The Kier molecular flexibility index (Phi) is 5.86. The summed E-state index contributed by atoms with van der Waals surface area (Å²) in [5.74, 6) is 0. The Morgan fingerprint density at radius 1 is 1.05 bits per heavy atom. The zero-order valence-corrected chi connectivity index (χ0v) is 12.5. The van der Waals surface area contributed by atoms with Gasteiger partial charge in [0.25, 0.3) is 0 Å². The highest BCUT2D eigenvalue weighted by molar-refractivity contribution is 7.16. The second-order valence-electron chi connectivity index (χ2n) is 4.54. The van der Waals surface area contributed by atoms with Crippen LogP contribution in [0.3, 0.4) is 0 Å². The number of rotatable bonds is 7. The molecular formula is C15H19ClN2S. The topological polar surface area (TPSA) is 29.3 Å². The van der Waals surface area contributed by atoms with Crippen molar-refractivity contribution in [1.82, 2.24) is 4.90 Å². The van der Waals surface area contributed by atoms with Gasteiger partial charge in [0.1, 0.15) is 0 Å². The van der Waals surface area contributed by atoms with Crippen LogP contribution in [0.4, 0.5) is 0 Å². The molecule has 0 fully saturated rings. The average molecular weight is 295 g/mol. The van der Waals surface area contributed by atoms with Crippen LogP contribution in [0.25, 0.3) is 0 Å². The lowest BCUT2D eigenvalue weighted by Gasteiger charge is -2.21. The minimum Gasteiger partial charge on any atom is -0.330 e. The van der Waals surface area contributed by atoms with Crippen molar-refractivity contribution in [2.45, 2.75) is 19.5 Å². The fraction of sp³-hybridized carbons (Fsp3) is 0.333. The van der Waals surface area contributed by atoms with Crippen LogP contribution < -0.4 is 5.73 Å². The van der Waals surface area contributed by atoms with Crippen LogP contribution in [0.15, 0.2) is 42.5 Å². The summed E-state index contributed by atoms with van der Waals surface area (Å²) in [4.78, 5) is 3.72. The van der Waals surface area contributed by atoms with E-state index >= 15 is 0 Å². The standard InChI is InChI=1S/C15H19ClN2S/c16-15-8-7-14(19-15)12-18(10-4-9-17)11-13-5-2-1-3-6-13/h1-3,5-8H,4,9-12,17H2. The number of hydrogen-bond donors (Lipinski definition) is 1. The molecule has 1 aromatic carbocycles. The van der Waals surface area contributed by atoms with Crippen LogP contribution in [-0.4, -0.2) is 18.0 Å². The fourth-order valence-electron chi connectivity index (χ4n) is 2.03. The Morgan fingerprint density at radius 2 is 1.84 bits per heavy atom. The Bertz CT molecular complexity index is 484.